The number of nitrogens with one attached hydrogen (secondary N) is 1. The van der Waals surface area contributed by atoms with Crippen LogP contribution in [0, 0.1) is 12.3 Å². The molecule has 0 spiro atoms. The minimum absolute atomic E-state index is 0.0975. The van der Waals surface area contributed by atoms with Crippen LogP contribution in [0.5, 0.6) is 5.75 Å². The van der Waals surface area contributed by atoms with Gasteiger partial charge in [-0.2, -0.15) is 0 Å². The predicted octanol–water partition coefficient (Wildman–Crippen LogP) is 2.01. The molecule has 20 heavy (non-hydrogen) atoms. The number of carboxylic acids is 1. The minimum atomic E-state index is -1.14. The van der Waals surface area contributed by atoms with Crippen LogP contribution in [0.15, 0.2) is 22.7 Å². The average Bonchev–Trinajstić information content (AvgIpc) is 2.40. The first-order valence-electron chi connectivity index (χ1n) is 5.52. The molecule has 6 nitrogen and oxygen atoms in total. The van der Waals surface area contributed by atoms with Gasteiger partial charge in [0.05, 0.1) is 19.3 Å². The molecule has 0 saturated carbocycles. The van der Waals surface area contributed by atoms with Crippen LogP contribution in [0.3, 0.4) is 0 Å². The maximum atomic E-state index is 12.0. The number of methoxy groups -OCH3 is 1. The summed E-state index contributed by atoms with van der Waals surface area (Å²) in [6.07, 6.45) is 5.12. The number of rotatable bonds is 5. The zero-order valence-corrected chi connectivity index (χ0v) is 12.3. The van der Waals surface area contributed by atoms with Crippen molar-refractivity contribution in [3.05, 3.63) is 22.7 Å². The van der Waals surface area contributed by atoms with E-state index in [1.807, 2.05) is 0 Å². The third-order valence-corrected chi connectivity index (χ3v) is 3.00. The monoisotopic (exact) mass is 340 g/mol. The van der Waals surface area contributed by atoms with E-state index >= 15 is 0 Å². The second-order valence-corrected chi connectivity index (χ2v) is 4.58. The number of benzene rings is 1. The van der Waals surface area contributed by atoms with E-state index < -0.39 is 18.5 Å². The highest BCUT2D eigenvalue weighted by molar-refractivity contribution is 9.10. The first-order chi connectivity index (χ1) is 9.47. The Balaban J connectivity index is 2.87. The first-order valence-corrected chi connectivity index (χ1v) is 6.32. The lowest BCUT2D eigenvalue weighted by Crippen LogP contribution is -2.39. The zero-order chi connectivity index (χ0) is 15.1. The smallest absolute Gasteiger partial charge is 0.323 e. The van der Waals surface area contributed by atoms with Crippen LogP contribution in [0.1, 0.15) is 0 Å². The molecule has 7 heteroatoms. The van der Waals surface area contributed by atoms with Gasteiger partial charge in [-0.05, 0) is 28.1 Å². The summed E-state index contributed by atoms with van der Waals surface area (Å²) >= 11 is 3.28. The van der Waals surface area contributed by atoms with Crippen molar-refractivity contribution in [1.29, 1.82) is 0 Å². The lowest BCUT2D eigenvalue weighted by molar-refractivity contribution is -0.137. The number of carbonyl (C=O) groups excluding carboxylic acids is 1. The standard InChI is InChI=1S/C13H13BrN2O4/c1-3-6-16(8-12(17)18)13(19)15-11-7-9(20-2)4-5-10(11)14/h1,4-5,7H,6,8H2,2H3,(H,15,19)(H,17,18). The number of carboxylic acid groups (broad SMARTS) is 1. The quantitative estimate of drug-likeness (QED) is 0.803. The molecule has 0 aromatic heterocycles. The van der Waals surface area contributed by atoms with E-state index in [9.17, 15) is 9.59 Å². The third kappa shape index (κ3) is 4.48. The summed E-state index contributed by atoms with van der Waals surface area (Å²) in [6.45, 7) is -0.572. The molecule has 0 heterocycles. The van der Waals surface area contributed by atoms with Gasteiger partial charge in [0.15, 0.2) is 0 Å². The van der Waals surface area contributed by atoms with Crippen LogP contribution in [0.25, 0.3) is 0 Å². The normalized spacial score (nSPS) is 9.45. The summed E-state index contributed by atoms with van der Waals surface area (Å²) in [6, 6.07) is 4.43. The Labute approximate surface area is 124 Å². The van der Waals surface area contributed by atoms with Crippen molar-refractivity contribution in [2.45, 2.75) is 0 Å². The molecular formula is C13H13BrN2O4. The summed E-state index contributed by atoms with van der Waals surface area (Å²) in [4.78, 5) is 23.7. The van der Waals surface area contributed by atoms with Gasteiger partial charge in [0.1, 0.15) is 12.3 Å². The third-order valence-electron chi connectivity index (χ3n) is 2.31. The fourth-order valence-electron chi connectivity index (χ4n) is 1.39. The highest BCUT2D eigenvalue weighted by Gasteiger charge is 2.17. The molecule has 2 N–H and O–H groups in total. The Morgan fingerprint density at radius 1 is 1.55 bits per heavy atom. The summed E-state index contributed by atoms with van der Waals surface area (Å²) < 4.78 is 5.69. The van der Waals surface area contributed by atoms with Crippen LogP contribution < -0.4 is 10.1 Å². The fraction of sp³-hybridized carbons (Fsp3) is 0.231. The molecular weight excluding hydrogens is 328 g/mol. The van der Waals surface area contributed by atoms with Crippen molar-refractivity contribution in [3.63, 3.8) is 0 Å². The Morgan fingerprint density at radius 2 is 2.25 bits per heavy atom. The van der Waals surface area contributed by atoms with E-state index in [1.54, 1.807) is 18.2 Å². The highest BCUT2D eigenvalue weighted by atomic mass is 79.9. The number of halogens is 1. The Morgan fingerprint density at radius 3 is 2.80 bits per heavy atom. The van der Waals surface area contributed by atoms with Crippen LogP contribution >= 0.6 is 15.9 Å². The van der Waals surface area contributed by atoms with E-state index in [-0.39, 0.29) is 6.54 Å². The predicted molar refractivity (Wildman–Crippen MR) is 77.8 cm³/mol. The Hall–Kier alpha value is -2.20. The molecule has 0 atom stereocenters. The SMILES string of the molecule is C#CCN(CC(=O)O)C(=O)Nc1cc(OC)ccc1Br. The number of hydrogen-bond acceptors (Lipinski definition) is 3. The number of hydrogen-bond donors (Lipinski definition) is 2. The van der Waals surface area contributed by atoms with Gasteiger partial charge >= 0.3 is 12.0 Å². The first kappa shape index (κ1) is 15.9. The van der Waals surface area contributed by atoms with Gasteiger partial charge in [-0.3, -0.25) is 4.79 Å². The number of urea groups is 1. The molecule has 0 fully saturated rings. The van der Waals surface area contributed by atoms with Gasteiger partial charge in [0.25, 0.3) is 0 Å². The van der Waals surface area contributed by atoms with Crippen molar-refractivity contribution in [1.82, 2.24) is 4.90 Å². The van der Waals surface area contributed by atoms with Crippen LogP contribution in [-0.4, -0.2) is 42.2 Å². The highest BCUT2D eigenvalue weighted by Crippen LogP contribution is 2.27. The lowest BCUT2D eigenvalue weighted by Gasteiger charge is -2.19. The summed E-state index contributed by atoms with van der Waals surface area (Å²) in [7, 11) is 1.50. The van der Waals surface area contributed by atoms with Gasteiger partial charge in [0, 0.05) is 10.5 Å². The molecule has 1 rings (SSSR count). The number of nitrogens with zero attached hydrogens (tertiary/aromatic N) is 1. The second-order valence-electron chi connectivity index (χ2n) is 3.73. The van der Waals surface area contributed by atoms with Gasteiger partial charge in [-0.1, -0.05) is 5.92 Å². The number of anilines is 1. The van der Waals surface area contributed by atoms with Crippen molar-refractivity contribution < 1.29 is 19.4 Å². The molecule has 0 saturated heterocycles. The summed E-state index contributed by atoms with van der Waals surface area (Å²) in [5.74, 6) is 1.66. The van der Waals surface area contributed by atoms with E-state index in [0.29, 0.717) is 15.9 Å². The maximum absolute atomic E-state index is 12.0. The number of amides is 2. The summed E-state index contributed by atoms with van der Waals surface area (Å²) in [5, 5.41) is 11.3. The molecule has 1 aromatic carbocycles. The number of terminal acetylenes is 1. The van der Waals surface area contributed by atoms with E-state index in [1.165, 1.54) is 7.11 Å². The molecule has 0 radical (unpaired) electrons. The molecule has 0 bridgehead atoms. The Bertz CT molecular complexity index is 554. The minimum Gasteiger partial charge on any atom is -0.497 e. The number of aliphatic carboxylic acids is 1. The number of carbonyl (C=O) groups is 2. The Kier molecular flexibility index (Phi) is 5.87. The van der Waals surface area contributed by atoms with E-state index in [0.717, 1.165) is 4.90 Å². The van der Waals surface area contributed by atoms with E-state index in [2.05, 4.69) is 27.2 Å². The van der Waals surface area contributed by atoms with Crippen LogP contribution in [0.4, 0.5) is 10.5 Å². The lowest BCUT2D eigenvalue weighted by atomic mass is 10.3. The molecule has 1 aromatic rings. The van der Waals surface area contributed by atoms with Crippen molar-refractivity contribution >= 4 is 33.6 Å². The molecule has 0 aliphatic heterocycles. The topological polar surface area (TPSA) is 78.9 Å². The van der Waals surface area contributed by atoms with Crippen molar-refractivity contribution in [3.8, 4) is 18.1 Å². The summed E-state index contributed by atoms with van der Waals surface area (Å²) in [5.41, 5.74) is 0.460. The molecule has 0 unspecified atom stereocenters. The fourth-order valence-corrected chi connectivity index (χ4v) is 1.74. The largest absolute Gasteiger partial charge is 0.497 e. The molecule has 106 valence electrons. The average molecular weight is 341 g/mol. The van der Waals surface area contributed by atoms with Crippen LogP contribution in [-0.2, 0) is 4.79 Å². The number of ether oxygens (including phenoxy) is 1. The maximum Gasteiger partial charge on any atom is 0.323 e. The molecule has 0 aliphatic carbocycles. The van der Waals surface area contributed by atoms with Crippen molar-refractivity contribution in [2.75, 3.05) is 25.5 Å². The van der Waals surface area contributed by atoms with Gasteiger partial charge < -0.3 is 20.1 Å². The second kappa shape index (κ2) is 7.40. The van der Waals surface area contributed by atoms with Gasteiger partial charge in [0.2, 0.25) is 0 Å². The molecule has 2 amide bonds. The molecule has 0 aliphatic rings. The van der Waals surface area contributed by atoms with E-state index in [4.69, 9.17) is 16.3 Å². The van der Waals surface area contributed by atoms with Gasteiger partial charge in [-0.25, -0.2) is 4.79 Å². The van der Waals surface area contributed by atoms with Gasteiger partial charge in [-0.15, -0.1) is 6.42 Å². The van der Waals surface area contributed by atoms with Crippen molar-refractivity contribution in [2.24, 2.45) is 0 Å². The zero-order valence-electron chi connectivity index (χ0n) is 10.7. The van der Waals surface area contributed by atoms with Crippen LogP contribution in [0.2, 0.25) is 0 Å².